The van der Waals surface area contributed by atoms with E-state index in [1.807, 2.05) is 38.1 Å². The summed E-state index contributed by atoms with van der Waals surface area (Å²) >= 11 is 12.0. The van der Waals surface area contributed by atoms with Gasteiger partial charge in [0.15, 0.2) is 0 Å². The number of ether oxygens (including phenoxy) is 1. The number of aryl methyl sites for hydroxylation is 2. The van der Waals surface area contributed by atoms with Crippen molar-refractivity contribution in [2.24, 2.45) is 0 Å². The molecule has 1 amide bonds. The molecule has 0 aromatic heterocycles. The molecule has 0 atom stereocenters. The molecule has 2 rings (SSSR count). The smallest absolute Gasteiger partial charge is 0.224 e. The molecule has 0 radical (unpaired) electrons. The van der Waals surface area contributed by atoms with Crippen molar-refractivity contribution in [1.29, 1.82) is 0 Å². The van der Waals surface area contributed by atoms with E-state index < -0.39 is 0 Å². The van der Waals surface area contributed by atoms with E-state index in [-0.39, 0.29) is 5.91 Å². The number of rotatable bonds is 6. The van der Waals surface area contributed by atoms with Gasteiger partial charge in [-0.25, -0.2) is 0 Å². The molecular formula is C18H19Cl2NO2. The quantitative estimate of drug-likeness (QED) is 0.706. The van der Waals surface area contributed by atoms with Crippen molar-refractivity contribution in [1.82, 2.24) is 0 Å². The first-order chi connectivity index (χ1) is 11.0. The van der Waals surface area contributed by atoms with Gasteiger partial charge in [0.1, 0.15) is 5.75 Å². The summed E-state index contributed by atoms with van der Waals surface area (Å²) in [5.41, 5.74) is 2.66. The monoisotopic (exact) mass is 351 g/mol. The van der Waals surface area contributed by atoms with Gasteiger partial charge < -0.3 is 10.1 Å². The minimum absolute atomic E-state index is 0.0548. The van der Waals surface area contributed by atoms with Crippen LogP contribution in [0.2, 0.25) is 10.0 Å². The van der Waals surface area contributed by atoms with Crippen LogP contribution in [0.15, 0.2) is 36.4 Å². The normalized spacial score (nSPS) is 10.4. The van der Waals surface area contributed by atoms with E-state index in [2.05, 4.69) is 5.32 Å². The summed E-state index contributed by atoms with van der Waals surface area (Å²) in [5, 5.41) is 4.19. The molecule has 0 bridgehead atoms. The minimum atomic E-state index is -0.0548. The maximum atomic E-state index is 11.9. The highest BCUT2D eigenvalue weighted by Crippen LogP contribution is 2.22. The minimum Gasteiger partial charge on any atom is -0.494 e. The van der Waals surface area contributed by atoms with Crippen molar-refractivity contribution in [2.75, 3.05) is 11.9 Å². The summed E-state index contributed by atoms with van der Waals surface area (Å²) < 4.78 is 5.62. The van der Waals surface area contributed by atoms with Crippen molar-refractivity contribution in [3.8, 4) is 5.75 Å². The Balaban J connectivity index is 1.74. The predicted octanol–water partition coefficient (Wildman–Crippen LogP) is 5.41. The molecular weight excluding hydrogens is 333 g/mol. The highest BCUT2D eigenvalue weighted by molar-refractivity contribution is 6.31. The van der Waals surface area contributed by atoms with Gasteiger partial charge in [0.25, 0.3) is 0 Å². The number of benzene rings is 2. The van der Waals surface area contributed by atoms with Crippen molar-refractivity contribution in [3.05, 3.63) is 57.6 Å². The van der Waals surface area contributed by atoms with E-state index in [1.165, 1.54) is 0 Å². The maximum absolute atomic E-state index is 11.9. The Labute approximate surface area is 146 Å². The van der Waals surface area contributed by atoms with Gasteiger partial charge >= 0.3 is 0 Å². The molecule has 0 saturated heterocycles. The van der Waals surface area contributed by atoms with Crippen LogP contribution < -0.4 is 10.1 Å². The summed E-state index contributed by atoms with van der Waals surface area (Å²) in [4.78, 5) is 11.9. The number of halogens is 2. The average molecular weight is 352 g/mol. The van der Waals surface area contributed by atoms with Gasteiger partial charge in [-0.05, 0) is 61.7 Å². The Hall–Kier alpha value is -1.71. The third kappa shape index (κ3) is 5.45. The first-order valence-corrected chi connectivity index (χ1v) is 8.16. The summed E-state index contributed by atoms with van der Waals surface area (Å²) in [6, 6.07) is 11.0. The SMILES string of the molecule is Cc1cc(OCCCC(=O)Nc2ccc(C)c(Cl)c2)ccc1Cl. The van der Waals surface area contributed by atoms with Gasteiger partial charge in [-0.1, -0.05) is 29.3 Å². The van der Waals surface area contributed by atoms with Crippen LogP contribution in [-0.4, -0.2) is 12.5 Å². The molecule has 3 nitrogen and oxygen atoms in total. The van der Waals surface area contributed by atoms with E-state index in [1.54, 1.807) is 12.1 Å². The largest absolute Gasteiger partial charge is 0.494 e. The molecule has 0 spiro atoms. The highest BCUT2D eigenvalue weighted by Gasteiger charge is 2.05. The second kappa shape index (κ2) is 8.23. The lowest BCUT2D eigenvalue weighted by Crippen LogP contribution is -2.12. The molecule has 0 heterocycles. The Morgan fingerprint density at radius 3 is 2.52 bits per heavy atom. The van der Waals surface area contributed by atoms with Crippen LogP contribution in [0.1, 0.15) is 24.0 Å². The van der Waals surface area contributed by atoms with E-state index in [9.17, 15) is 4.79 Å². The molecule has 0 unspecified atom stereocenters. The van der Waals surface area contributed by atoms with Crippen molar-refractivity contribution in [3.63, 3.8) is 0 Å². The van der Waals surface area contributed by atoms with Gasteiger partial charge in [-0.2, -0.15) is 0 Å². The van der Waals surface area contributed by atoms with E-state index in [4.69, 9.17) is 27.9 Å². The Morgan fingerprint density at radius 2 is 1.83 bits per heavy atom. The molecule has 1 N–H and O–H groups in total. The number of hydrogen-bond acceptors (Lipinski definition) is 2. The molecule has 0 aliphatic carbocycles. The second-order valence-electron chi connectivity index (χ2n) is 5.38. The topological polar surface area (TPSA) is 38.3 Å². The second-order valence-corrected chi connectivity index (χ2v) is 6.19. The van der Waals surface area contributed by atoms with E-state index >= 15 is 0 Å². The fraction of sp³-hybridized carbons (Fsp3) is 0.278. The molecule has 2 aromatic rings. The number of hydrogen-bond donors (Lipinski definition) is 1. The van der Waals surface area contributed by atoms with Gasteiger partial charge in [-0.15, -0.1) is 0 Å². The van der Waals surface area contributed by atoms with E-state index in [0.29, 0.717) is 35.2 Å². The summed E-state index contributed by atoms with van der Waals surface area (Å²) in [6.07, 6.45) is 1.02. The van der Waals surface area contributed by atoms with Crippen molar-refractivity contribution < 1.29 is 9.53 Å². The third-order valence-electron chi connectivity index (χ3n) is 3.40. The summed E-state index contributed by atoms with van der Waals surface area (Å²) in [7, 11) is 0. The molecule has 0 saturated carbocycles. The molecule has 0 aliphatic rings. The molecule has 0 fully saturated rings. The lowest BCUT2D eigenvalue weighted by Gasteiger charge is -2.09. The fourth-order valence-corrected chi connectivity index (χ4v) is 2.32. The summed E-state index contributed by atoms with van der Waals surface area (Å²) in [6.45, 7) is 4.32. The zero-order chi connectivity index (χ0) is 16.8. The van der Waals surface area contributed by atoms with Gasteiger partial charge in [0, 0.05) is 22.2 Å². The van der Waals surface area contributed by atoms with Crippen LogP contribution in [0.5, 0.6) is 5.75 Å². The number of nitrogens with one attached hydrogen (secondary N) is 1. The van der Waals surface area contributed by atoms with Crippen LogP contribution in [0.4, 0.5) is 5.69 Å². The zero-order valence-electron chi connectivity index (χ0n) is 13.2. The van der Waals surface area contributed by atoms with Gasteiger partial charge in [0.05, 0.1) is 6.61 Å². The molecule has 2 aromatic carbocycles. The predicted molar refractivity (Wildman–Crippen MR) is 95.7 cm³/mol. The van der Waals surface area contributed by atoms with Gasteiger partial charge in [0.2, 0.25) is 5.91 Å². The summed E-state index contributed by atoms with van der Waals surface area (Å²) in [5.74, 6) is 0.707. The molecule has 0 aliphatic heterocycles. The third-order valence-corrected chi connectivity index (χ3v) is 4.23. The highest BCUT2D eigenvalue weighted by atomic mass is 35.5. The molecule has 5 heteroatoms. The Morgan fingerprint density at radius 1 is 1.04 bits per heavy atom. The number of amides is 1. The number of anilines is 1. The van der Waals surface area contributed by atoms with Crippen LogP contribution in [0.3, 0.4) is 0 Å². The van der Waals surface area contributed by atoms with Crippen molar-refractivity contribution >= 4 is 34.8 Å². The van der Waals surface area contributed by atoms with Crippen LogP contribution in [0.25, 0.3) is 0 Å². The number of carbonyl (C=O) groups excluding carboxylic acids is 1. The Bertz CT molecular complexity index is 701. The molecule has 23 heavy (non-hydrogen) atoms. The Kier molecular flexibility index (Phi) is 6.31. The lowest BCUT2D eigenvalue weighted by molar-refractivity contribution is -0.116. The zero-order valence-corrected chi connectivity index (χ0v) is 14.7. The van der Waals surface area contributed by atoms with Crippen molar-refractivity contribution in [2.45, 2.75) is 26.7 Å². The first kappa shape index (κ1) is 17.6. The number of carbonyl (C=O) groups is 1. The molecule has 122 valence electrons. The van der Waals surface area contributed by atoms with E-state index in [0.717, 1.165) is 16.9 Å². The average Bonchev–Trinajstić information content (AvgIpc) is 2.51. The van der Waals surface area contributed by atoms with Gasteiger partial charge in [-0.3, -0.25) is 4.79 Å². The first-order valence-electron chi connectivity index (χ1n) is 7.40. The van der Waals surface area contributed by atoms with Crippen LogP contribution in [-0.2, 0) is 4.79 Å². The van der Waals surface area contributed by atoms with Crippen LogP contribution in [0, 0.1) is 13.8 Å². The van der Waals surface area contributed by atoms with Crippen LogP contribution >= 0.6 is 23.2 Å². The maximum Gasteiger partial charge on any atom is 0.224 e. The fourth-order valence-electron chi connectivity index (χ4n) is 2.02. The standard InChI is InChI=1S/C18H19Cl2NO2/c1-12-5-6-14(11-17(12)20)21-18(22)4-3-9-23-15-7-8-16(19)13(2)10-15/h5-8,10-11H,3-4,9H2,1-2H3,(H,21,22). The lowest BCUT2D eigenvalue weighted by atomic mass is 10.2.